The van der Waals surface area contributed by atoms with Gasteiger partial charge in [0.05, 0.1) is 17.1 Å². The number of benzene rings is 4. The van der Waals surface area contributed by atoms with Crippen LogP contribution in [0.2, 0.25) is 0 Å². The fraction of sp³-hybridized carbons (Fsp3) is 0.267. The molecule has 1 heterocycles. The van der Waals surface area contributed by atoms with Gasteiger partial charge in [-0.2, -0.15) is 0 Å². The van der Waals surface area contributed by atoms with Gasteiger partial charge < -0.3 is 9.64 Å². The van der Waals surface area contributed by atoms with Gasteiger partial charge >= 0.3 is 0 Å². The molecule has 0 aliphatic carbocycles. The van der Waals surface area contributed by atoms with Crippen LogP contribution in [0.25, 0.3) is 10.8 Å². The fourth-order valence-electron chi connectivity index (χ4n) is 4.76. The zero-order valence-electron chi connectivity index (χ0n) is 20.1. The summed E-state index contributed by atoms with van der Waals surface area (Å²) < 4.78 is 6.46. The summed E-state index contributed by atoms with van der Waals surface area (Å²) in [5, 5.41) is 2.43. The Morgan fingerprint density at radius 2 is 1.25 bits per heavy atom. The van der Waals surface area contributed by atoms with Crippen LogP contribution in [-0.4, -0.2) is 0 Å². The number of ether oxygens (including phenoxy) is 1. The van der Waals surface area contributed by atoms with Crippen LogP contribution in [0.4, 0.5) is 17.1 Å². The molecule has 0 aromatic heterocycles. The van der Waals surface area contributed by atoms with E-state index in [0.717, 1.165) is 22.9 Å². The Morgan fingerprint density at radius 1 is 0.625 bits per heavy atom. The third-order valence-corrected chi connectivity index (χ3v) is 6.47. The molecule has 1 aliphatic rings. The van der Waals surface area contributed by atoms with E-state index in [2.05, 4.69) is 114 Å². The molecular weight excluding hydrogens is 390 g/mol. The zero-order valence-corrected chi connectivity index (χ0v) is 20.1. The van der Waals surface area contributed by atoms with Crippen molar-refractivity contribution in [2.45, 2.75) is 53.9 Å². The normalized spacial score (nSPS) is 13.0. The van der Waals surface area contributed by atoms with Crippen molar-refractivity contribution in [2.24, 2.45) is 0 Å². The maximum Gasteiger partial charge on any atom is 0.152 e. The quantitative estimate of drug-likeness (QED) is 0.268. The highest BCUT2D eigenvalue weighted by Crippen LogP contribution is 2.53. The standard InChI is InChI=1S/C30H31NO/c1-18-8-10-22-17-28-26(16-23(22)12-18)31(25-11-9-19(2)13-27(25)32-28)29-20(3)14-24(15-21(29)4)30(5,6)7/h8-17H,1-7H3. The second kappa shape index (κ2) is 7.13. The molecule has 0 unspecified atom stereocenters. The number of aryl methyl sites for hydroxylation is 4. The second-order valence-corrected chi connectivity index (χ2v) is 10.3. The second-order valence-electron chi connectivity index (χ2n) is 10.3. The summed E-state index contributed by atoms with van der Waals surface area (Å²) in [7, 11) is 0. The SMILES string of the molecule is Cc1ccc2c(c1)Oc1cc3ccc(C)cc3cc1N2c1c(C)cc(C(C)(C)C)cc1C. The van der Waals surface area contributed by atoms with E-state index in [1.54, 1.807) is 0 Å². The predicted octanol–water partition coefficient (Wildman–Crippen LogP) is 8.95. The lowest BCUT2D eigenvalue weighted by Gasteiger charge is -2.36. The molecule has 0 atom stereocenters. The van der Waals surface area contributed by atoms with Gasteiger partial charge in [-0.15, -0.1) is 0 Å². The Bertz CT molecular complexity index is 1350. The first-order valence-electron chi connectivity index (χ1n) is 11.4. The minimum Gasteiger partial charge on any atom is -0.453 e. The van der Waals surface area contributed by atoms with E-state index in [4.69, 9.17) is 4.74 Å². The molecule has 0 bridgehead atoms. The molecular formula is C30H31NO. The van der Waals surface area contributed by atoms with Crippen molar-refractivity contribution in [3.8, 4) is 11.5 Å². The summed E-state index contributed by atoms with van der Waals surface area (Å²) in [5.41, 5.74) is 9.90. The first kappa shape index (κ1) is 20.6. The van der Waals surface area contributed by atoms with E-state index in [1.807, 2.05) is 0 Å². The molecule has 32 heavy (non-hydrogen) atoms. The molecule has 0 spiro atoms. The van der Waals surface area contributed by atoms with Gasteiger partial charge in [-0.25, -0.2) is 0 Å². The van der Waals surface area contributed by atoms with Gasteiger partial charge in [0.25, 0.3) is 0 Å². The lowest BCUT2D eigenvalue weighted by Crippen LogP contribution is -2.19. The highest BCUT2D eigenvalue weighted by molar-refractivity contribution is 5.96. The van der Waals surface area contributed by atoms with Crippen LogP contribution in [-0.2, 0) is 5.41 Å². The van der Waals surface area contributed by atoms with Gasteiger partial charge in [-0.1, -0.05) is 62.7 Å². The fourth-order valence-corrected chi connectivity index (χ4v) is 4.76. The summed E-state index contributed by atoms with van der Waals surface area (Å²) in [6.45, 7) is 15.5. The lowest BCUT2D eigenvalue weighted by atomic mass is 9.84. The molecule has 0 N–H and O–H groups in total. The van der Waals surface area contributed by atoms with Crippen molar-refractivity contribution >= 4 is 27.8 Å². The van der Waals surface area contributed by atoms with E-state index in [9.17, 15) is 0 Å². The van der Waals surface area contributed by atoms with Crippen LogP contribution in [0.1, 0.15) is 48.6 Å². The van der Waals surface area contributed by atoms with E-state index in [0.29, 0.717) is 0 Å². The van der Waals surface area contributed by atoms with E-state index in [-0.39, 0.29) is 5.41 Å². The van der Waals surface area contributed by atoms with Gasteiger partial charge in [-0.05, 0) is 90.4 Å². The average molecular weight is 422 g/mol. The van der Waals surface area contributed by atoms with Crippen LogP contribution in [0.5, 0.6) is 11.5 Å². The Morgan fingerprint density at radius 3 is 1.94 bits per heavy atom. The van der Waals surface area contributed by atoms with Gasteiger partial charge in [0.2, 0.25) is 0 Å². The topological polar surface area (TPSA) is 12.5 Å². The Labute approximate surface area is 191 Å². The summed E-state index contributed by atoms with van der Waals surface area (Å²) in [5.74, 6) is 1.81. The van der Waals surface area contributed by atoms with Gasteiger partial charge in [-0.3, -0.25) is 0 Å². The molecule has 0 radical (unpaired) electrons. The summed E-state index contributed by atoms with van der Waals surface area (Å²) in [4.78, 5) is 2.40. The molecule has 4 aromatic rings. The summed E-state index contributed by atoms with van der Waals surface area (Å²) in [6.07, 6.45) is 0. The maximum absolute atomic E-state index is 6.46. The number of nitrogens with zero attached hydrogens (tertiary/aromatic N) is 1. The van der Waals surface area contributed by atoms with E-state index in [1.165, 1.54) is 44.3 Å². The van der Waals surface area contributed by atoms with Crippen LogP contribution >= 0.6 is 0 Å². The van der Waals surface area contributed by atoms with Gasteiger partial charge in [0, 0.05) is 0 Å². The largest absolute Gasteiger partial charge is 0.453 e. The number of hydrogen-bond donors (Lipinski definition) is 0. The Balaban J connectivity index is 1.81. The first-order chi connectivity index (χ1) is 15.1. The molecule has 2 nitrogen and oxygen atoms in total. The van der Waals surface area contributed by atoms with E-state index >= 15 is 0 Å². The van der Waals surface area contributed by atoms with Crippen LogP contribution in [0, 0.1) is 27.7 Å². The highest BCUT2D eigenvalue weighted by atomic mass is 16.5. The van der Waals surface area contributed by atoms with Crippen LogP contribution in [0.3, 0.4) is 0 Å². The molecule has 0 fully saturated rings. The third-order valence-electron chi connectivity index (χ3n) is 6.47. The van der Waals surface area contributed by atoms with Crippen molar-refractivity contribution < 1.29 is 4.74 Å². The van der Waals surface area contributed by atoms with Gasteiger partial charge in [0.15, 0.2) is 11.5 Å². The summed E-state index contributed by atoms with van der Waals surface area (Å²) in [6, 6.07) is 22.2. The van der Waals surface area contributed by atoms with Crippen LogP contribution in [0.15, 0.2) is 60.7 Å². The predicted molar refractivity (Wildman–Crippen MR) is 136 cm³/mol. The summed E-state index contributed by atoms with van der Waals surface area (Å²) >= 11 is 0. The molecule has 0 saturated carbocycles. The highest BCUT2D eigenvalue weighted by Gasteiger charge is 2.29. The zero-order chi connectivity index (χ0) is 22.8. The number of hydrogen-bond acceptors (Lipinski definition) is 2. The van der Waals surface area contributed by atoms with E-state index < -0.39 is 0 Å². The van der Waals surface area contributed by atoms with Crippen molar-refractivity contribution in [1.29, 1.82) is 0 Å². The van der Waals surface area contributed by atoms with Crippen molar-refractivity contribution in [3.05, 3.63) is 88.5 Å². The van der Waals surface area contributed by atoms with Crippen molar-refractivity contribution in [1.82, 2.24) is 0 Å². The molecule has 1 aliphatic heterocycles. The smallest absolute Gasteiger partial charge is 0.152 e. The molecule has 2 heteroatoms. The molecule has 162 valence electrons. The van der Waals surface area contributed by atoms with Crippen molar-refractivity contribution in [3.63, 3.8) is 0 Å². The average Bonchev–Trinajstić information content (AvgIpc) is 2.70. The Kier molecular flexibility index (Phi) is 4.60. The van der Waals surface area contributed by atoms with Crippen LogP contribution < -0.4 is 9.64 Å². The van der Waals surface area contributed by atoms with Gasteiger partial charge in [0.1, 0.15) is 0 Å². The molecule has 0 amide bonds. The minimum absolute atomic E-state index is 0.111. The first-order valence-corrected chi connectivity index (χ1v) is 11.4. The molecule has 5 rings (SSSR count). The minimum atomic E-state index is 0.111. The maximum atomic E-state index is 6.46. The van der Waals surface area contributed by atoms with Crippen molar-refractivity contribution in [2.75, 3.05) is 4.90 Å². The number of fused-ring (bicyclic) bond motifs is 3. The Hall–Kier alpha value is -3.26. The third kappa shape index (κ3) is 3.35. The monoisotopic (exact) mass is 421 g/mol. The molecule has 0 saturated heterocycles. The number of anilines is 3. The number of rotatable bonds is 1. The molecule has 4 aromatic carbocycles. The lowest BCUT2D eigenvalue weighted by molar-refractivity contribution is 0.477.